The second-order valence-electron chi connectivity index (χ2n) is 4.90. The quantitative estimate of drug-likeness (QED) is 0.731. The number of benzene rings is 2. The monoisotopic (exact) mass is 280 g/mol. The largest absolute Gasteiger partial charge is 0.398 e. The number of nitrogen functional groups attached to an aromatic ring is 1. The summed E-state index contributed by atoms with van der Waals surface area (Å²) < 4.78 is 13.4. The van der Waals surface area contributed by atoms with Crippen LogP contribution in [0.3, 0.4) is 0 Å². The van der Waals surface area contributed by atoms with Gasteiger partial charge in [0.2, 0.25) is 5.78 Å². The molecular weight excluding hydrogens is 267 g/mol. The number of rotatable bonds is 2. The summed E-state index contributed by atoms with van der Waals surface area (Å²) in [5.74, 6) is -0.776. The fraction of sp³-hybridized carbons (Fsp3) is 0.0588. The number of hydrogen-bond acceptors (Lipinski definition) is 3. The smallest absolute Gasteiger partial charge is 0.211 e. The van der Waals surface area contributed by atoms with E-state index in [1.807, 2.05) is 18.2 Å². The van der Waals surface area contributed by atoms with E-state index in [4.69, 9.17) is 5.73 Å². The summed E-state index contributed by atoms with van der Waals surface area (Å²) in [5.41, 5.74) is 8.34. The van der Waals surface area contributed by atoms with Gasteiger partial charge in [-0.2, -0.15) is 0 Å². The topological polar surface area (TPSA) is 56.0 Å². The molecule has 0 bridgehead atoms. The summed E-state index contributed by atoms with van der Waals surface area (Å²) in [6.07, 6.45) is 0. The lowest BCUT2D eigenvalue weighted by molar-refractivity contribution is 0.103. The van der Waals surface area contributed by atoms with Gasteiger partial charge in [-0.15, -0.1) is 0 Å². The zero-order chi connectivity index (χ0) is 15.0. The number of aromatic nitrogens is 1. The summed E-state index contributed by atoms with van der Waals surface area (Å²) in [4.78, 5) is 16.9. The van der Waals surface area contributed by atoms with Crippen LogP contribution in [-0.2, 0) is 0 Å². The number of carbonyl (C=O) groups is 1. The van der Waals surface area contributed by atoms with E-state index in [0.29, 0.717) is 22.3 Å². The molecule has 21 heavy (non-hydrogen) atoms. The molecule has 3 rings (SSSR count). The molecule has 0 spiro atoms. The first kappa shape index (κ1) is 13.2. The van der Waals surface area contributed by atoms with Crippen LogP contribution in [0.4, 0.5) is 10.1 Å². The fourth-order valence-electron chi connectivity index (χ4n) is 2.30. The van der Waals surface area contributed by atoms with Gasteiger partial charge in [0.15, 0.2) is 0 Å². The molecule has 0 atom stereocenters. The van der Waals surface area contributed by atoms with Crippen molar-refractivity contribution in [3.05, 3.63) is 71.2 Å². The van der Waals surface area contributed by atoms with Crippen molar-refractivity contribution < 1.29 is 9.18 Å². The first-order valence-corrected chi connectivity index (χ1v) is 6.52. The number of halogens is 1. The van der Waals surface area contributed by atoms with E-state index in [9.17, 15) is 9.18 Å². The number of carbonyl (C=O) groups excluding carboxylic acids is 1. The Morgan fingerprint density at radius 3 is 2.71 bits per heavy atom. The fourth-order valence-corrected chi connectivity index (χ4v) is 2.30. The lowest BCUT2D eigenvalue weighted by atomic mass is 10.0. The Kier molecular flexibility index (Phi) is 3.14. The molecule has 3 aromatic rings. The predicted molar refractivity (Wildman–Crippen MR) is 80.7 cm³/mol. The van der Waals surface area contributed by atoms with E-state index in [0.717, 1.165) is 5.39 Å². The lowest BCUT2D eigenvalue weighted by Gasteiger charge is -2.07. The van der Waals surface area contributed by atoms with Gasteiger partial charge in [-0.25, -0.2) is 9.37 Å². The number of hydrogen-bond donors (Lipinski definition) is 1. The van der Waals surface area contributed by atoms with E-state index in [2.05, 4.69) is 4.98 Å². The predicted octanol–water partition coefficient (Wildman–Crippen LogP) is 3.50. The number of fused-ring (bicyclic) bond motifs is 1. The van der Waals surface area contributed by atoms with E-state index in [1.165, 1.54) is 18.2 Å². The molecule has 104 valence electrons. The van der Waals surface area contributed by atoms with Crippen molar-refractivity contribution in [3.8, 4) is 0 Å². The molecule has 0 aliphatic rings. The van der Waals surface area contributed by atoms with Crippen LogP contribution in [0.1, 0.15) is 21.6 Å². The number of anilines is 1. The van der Waals surface area contributed by atoms with E-state index < -0.39 is 5.82 Å². The van der Waals surface area contributed by atoms with Crippen molar-refractivity contribution >= 4 is 22.4 Å². The number of ketones is 1. The molecule has 0 amide bonds. The molecule has 0 fully saturated rings. The number of para-hydroxylation sites is 1. The molecule has 0 unspecified atom stereocenters. The standard InChI is InChI=1S/C17H13FN2O/c1-10-6-7-11(18)8-13(10)17(21)16-9-14(19)12-4-2-3-5-15(12)20-16/h2-9H,1H3,(H2,19,20). The summed E-state index contributed by atoms with van der Waals surface area (Å²) in [6, 6.07) is 13.0. The molecule has 2 N–H and O–H groups in total. The van der Waals surface area contributed by atoms with Gasteiger partial charge < -0.3 is 5.73 Å². The van der Waals surface area contributed by atoms with Crippen molar-refractivity contribution in [2.75, 3.05) is 5.73 Å². The Bertz CT molecular complexity index is 859. The highest BCUT2D eigenvalue weighted by atomic mass is 19.1. The highest BCUT2D eigenvalue weighted by Gasteiger charge is 2.15. The van der Waals surface area contributed by atoms with Crippen molar-refractivity contribution in [2.24, 2.45) is 0 Å². The summed E-state index contributed by atoms with van der Waals surface area (Å²) in [5, 5.41) is 0.796. The molecule has 0 aliphatic heterocycles. The van der Waals surface area contributed by atoms with Gasteiger partial charge in [0, 0.05) is 16.6 Å². The Morgan fingerprint density at radius 2 is 1.90 bits per heavy atom. The molecule has 2 aromatic carbocycles. The highest BCUT2D eigenvalue weighted by Crippen LogP contribution is 2.22. The molecule has 0 radical (unpaired) electrons. The number of pyridine rings is 1. The average molecular weight is 280 g/mol. The third-order valence-electron chi connectivity index (χ3n) is 3.43. The van der Waals surface area contributed by atoms with Gasteiger partial charge >= 0.3 is 0 Å². The van der Waals surface area contributed by atoms with Crippen LogP contribution in [0.5, 0.6) is 0 Å². The summed E-state index contributed by atoms with van der Waals surface area (Å²) in [7, 11) is 0. The number of nitrogens with two attached hydrogens (primary N) is 1. The average Bonchev–Trinajstić information content (AvgIpc) is 2.49. The lowest BCUT2D eigenvalue weighted by Crippen LogP contribution is -2.08. The van der Waals surface area contributed by atoms with E-state index >= 15 is 0 Å². The van der Waals surface area contributed by atoms with Crippen molar-refractivity contribution in [1.29, 1.82) is 0 Å². The van der Waals surface area contributed by atoms with Crippen LogP contribution in [-0.4, -0.2) is 10.8 Å². The Balaban J connectivity index is 2.16. The maximum atomic E-state index is 13.4. The van der Waals surface area contributed by atoms with Gasteiger partial charge in [0.05, 0.1) is 5.52 Å². The molecule has 0 saturated carbocycles. The minimum atomic E-state index is -0.447. The molecular formula is C17H13FN2O. The minimum Gasteiger partial charge on any atom is -0.398 e. The second-order valence-corrected chi connectivity index (χ2v) is 4.90. The van der Waals surface area contributed by atoms with Gasteiger partial charge in [0.25, 0.3) is 0 Å². The second kappa shape index (κ2) is 4.98. The van der Waals surface area contributed by atoms with Gasteiger partial charge in [0.1, 0.15) is 11.5 Å². The van der Waals surface area contributed by atoms with E-state index in [1.54, 1.807) is 19.1 Å². The maximum absolute atomic E-state index is 13.4. The number of aryl methyl sites for hydroxylation is 1. The molecule has 1 heterocycles. The highest BCUT2D eigenvalue weighted by molar-refractivity contribution is 6.10. The van der Waals surface area contributed by atoms with Gasteiger partial charge in [-0.05, 0) is 36.8 Å². The van der Waals surface area contributed by atoms with Crippen LogP contribution in [0, 0.1) is 12.7 Å². The number of nitrogens with zero attached hydrogens (tertiary/aromatic N) is 1. The zero-order valence-corrected chi connectivity index (χ0v) is 11.4. The first-order chi connectivity index (χ1) is 10.1. The first-order valence-electron chi connectivity index (χ1n) is 6.52. The zero-order valence-electron chi connectivity index (χ0n) is 11.4. The van der Waals surface area contributed by atoms with E-state index in [-0.39, 0.29) is 11.5 Å². The van der Waals surface area contributed by atoms with Crippen molar-refractivity contribution in [2.45, 2.75) is 6.92 Å². The van der Waals surface area contributed by atoms with Crippen molar-refractivity contribution in [3.63, 3.8) is 0 Å². The Hall–Kier alpha value is -2.75. The van der Waals surface area contributed by atoms with Crippen LogP contribution in [0.2, 0.25) is 0 Å². The van der Waals surface area contributed by atoms with Crippen molar-refractivity contribution in [1.82, 2.24) is 4.98 Å². The van der Waals surface area contributed by atoms with Crippen LogP contribution >= 0.6 is 0 Å². The van der Waals surface area contributed by atoms with Crippen LogP contribution in [0.15, 0.2) is 48.5 Å². The SMILES string of the molecule is Cc1ccc(F)cc1C(=O)c1cc(N)c2ccccc2n1. The normalized spacial score (nSPS) is 10.8. The maximum Gasteiger partial charge on any atom is 0.211 e. The van der Waals surface area contributed by atoms with Gasteiger partial charge in [-0.3, -0.25) is 4.79 Å². The molecule has 1 aromatic heterocycles. The van der Waals surface area contributed by atoms with Crippen LogP contribution < -0.4 is 5.73 Å². The third-order valence-corrected chi connectivity index (χ3v) is 3.43. The summed E-state index contributed by atoms with van der Waals surface area (Å²) in [6.45, 7) is 1.76. The molecule has 3 nitrogen and oxygen atoms in total. The van der Waals surface area contributed by atoms with Crippen LogP contribution in [0.25, 0.3) is 10.9 Å². The minimum absolute atomic E-state index is 0.222. The third kappa shape index (κ3) is 2.36. The van der Waals surface area contributed by atoms with Gasteiger partial charge in [-0.1, -0.05) is 24.3 Å². The summed E-state index contributed by atoms with van der Waals surface area (Å²) >= 11 is 0. The Morgan fingerprint density at radius 1 is 1.14 bits per heavy atom. The molecule has 4 heteroatoms. The molecule has 0 saturated heterocycles. The molecule has 0 aliphatic carbocycles. The Labute approximate surface area is 121 Å².